The van der Waals surface area contributed by atoms with Gasteiger partial charge in [-0.25, -0.2) is 0 Å². The minimum Gasteiger partial charge on any atom is -0.461 e. The third-order valence-corrected chi connectivity index (χ3v) is 4.78. The molecule has 1 aromatic rings. The fourth-order valence-corrected chi connectivity index (χ4v) is 3.59. The maximum Gasteiger partial charge on any atom is 0.312 e. The molecule has 3 heteroatoms. The van der Waals surface area contributed by atoms with Crippen LogP contribution in [0.2, 0.25) is 0 Å². The number of esters is 1. The Labute approximate surface area is 106 Å². The maximum atomic E-state index is 12.1. The molecule has 0 N–H and O–H groups in total. The second kappa shape index (κ2) is 3.58. The van der Waals surface area contributed by atoms with Crippen molar-refractivity contribution in [3.8, 4) is 0 Å². The highest BCUT2D eigenvalue weighted by Gasteiger charge is 2.75. The van der Waals surface area contributed by atoms with E-state index in [1.165, 1.54) is 6.42 Å². The summed E-state index contributed by atoms with van der Waals surface area (Å²) in [5, 5.41) is 0. The second-order valence-corrected chi connectivity index (χ2v) is 5.66. The molecule has 3 fully saturated rings. The van der Waals surface area contributed by atoms with Gasteiger partial charge in [0, 0.05) is 0 Å². The van der Waals surface area contributed by atoms with Gasteiger partial charge in [-0.2, -0.15) is 0 Å². The first-order valence-corrected chi connectivity index (χ1v) is 6.68. The van der Waals surface area contributed by atoms with Gasteiger partial charge in [0.25, 0.3) is 0 Å². The lowest BCUT2D eigenvalue weighted by Crippen LogP contribution is -2.32. The number of rotatable bonds is 3. The molecular weight excluding hydrogens is 228 g/mol. The molecule has 1 spiro atoms. The van der Waals surface area contributed by atoms with Gasteiger partial charge in [0.1, 0.15) is 12.7 Å². The molecule has 1 aromatic carbocycles. The summed E-state index contributed by atoms with van der Waals surface area (Å²) in [5.74, 6) is 0.535. The molecule has 18 heavy (non-hydrogen) atoms. The number of carbonyl (C=O) groups excluding carboxylic acids is 1. The highest BCUT2D eigenvalue weighted by atomic mass is 16.6. The summed E-state index contributed by atoms with van der Waals surface area (Å²) in [6, 6.07) is 9.82. The van der Waals surface area contributed by atoms with Crippen molar-refractivity contribution in [2.24, 2.45) is 11.8 Å². The average Bonchev–Trinajstić information content (AvgIpc) is 3.10. The Kier molecular flexibility index (Phi) is 2.10. The van der Waals surface area contributed by atoms with E-state index in [-0.39, 0.29) is 23.6 Å². The molecule has 1 aliphatic heterocycles. The summed E-state index contributed by atoms with van der Waals surface area (Å²) in [6.45, 7) is 0.376. The van der Waals surface area contributed by atoms with Gasteiger partial charge < -0.3 is 9.47 Å². The van der Waals surface area contributed by atoms with E-state index >= 15 is 0 Å². The molecule has 0 aromatic heterocycles. The van der Waals surface area contributed by atoms with Crippen LogP contribution < -0.4 is 0 Å². The zero-order valence-electron chi connectivity index (χ0n) is 10.2. The van der Waals surface area contributed by atoms with Crippen LogP contribution in [0.3, 0.4) is 0 Å². The average molecular weight is 244 g/mol. The molecule has 4 rings (SSSR count). The number of benzene rings is 1. The highest BCUT2D eigenvalue weighted by molar-refractivity contribution is 5.75. The molecule has 1 heterocycles. The van der Waals surface area contributed by atoms with Crippen LogP contribution in [-0.2, 0) is 20.9 Å². The molecule has 0 amide bonds. The predicted octanol–water partition coefficient (Wildman–Crippen LogP) is 2.30. The van der Waals surface area contributed by atoms with Gasteiger partial charge in [-0.3, -0.25) is 4.79 Å². The van der Waals surface area contributed by atoms with Gasteiger partial charge in [-0.15, -0.1) is 0 Å². The van der Waals surface area contributed by atoms with Gasteiger partial charge in [0.2, 0.25) is 0 Å². The molecule has 0 radical (unpaired) electrons. The van der Waals surface area contributed by atoms with Gasteiger partial charge in [-0.05, 0) is 30.7 Å². The normalized spacial score (nSPS) is 39.4. The van der Waals surface area contributed by atoms with E-state index < -0.39 is 0 Å². The van der Waals surface area contributed by atoms with Gasteiger partial charge in [-0.1, -0.05) is 30.3 Å². The molecule has 94 valence electrons. The van der Waals surface area contributed by atoms with Crippen molar-refractivity contribution in [1.29, 1.82) is 0 Å². The van der Waals surface area contributed by atoms with Gasteiger partial charge in [0.15, 0.2) is 0 Å². The molecule has 2 saturated carbocycles. The van der Waals surface area contributed by atoms with E-state index in [9.17, 15) is 4.79 Å². The molecule has 0 bridgehead atoms. The first-order chi connectivity index (χ1) is 8.79. The van der Waals surface area contributed by atoms with Crippen molar-refractivity contribution in [1.82, 2.24) is 0 Å². The smallest absolute Gasteiger partial charge is 0.312 e. The Balaban J connectivity index is 1.37. The number of hydrogen-bond acceptors (Lipinski definition) is 3. The van der Waals surface area contributed by atoms with Crippen LogP contribution in [0.5, 0.6) is 0 Å². The van der Waals surface area contributed by atoms with E-state index in [2.05, 4.69) is 0 Å². The van der Waals surface area contributed by atoms with Crippen LogP contribution in [0.15, 0.2) is 30.3 Å². The van der Waals surface area contributed by atoms with Crippen LogP contribution in [0.4, 0.5) is 0 Å². The Morgan fingerprint density at radius 2 is 2.22 bits per heavy atom. The summed E-state index contributed by atoms with van der Waals surface area (Å²) >= 11 is 0. The molecule has 3 aliphatic rings. The van der Waals surface area contributed by atoms with Gasteiger partial charge in [0.05, 0.1) is 11.5 Å². The second-order valence-electron chi connectivity index (χ2n) is 5.66. The minimum atomic E-state index is -0.0740. The summed E-state index contributed by atoms with van der Waals surface area (Å²) < 4.78 is 11.1. The van der Waals surface area contributed by atoms with Crippen LogP contribution in [-0.4, -0.2) is 17.7 Å². The topological polar surface area (TPSA) is 38.8 Å². The Morgan fingerprint density at radius 1 is 1.39 bits per heavy atom. The van der Waals surface area contributed by atoms with Crippen LogP contribution in [0, 0.1) is 11.8 Å². The maximum absolute atomic E-state index is 12.1. The van der Waals surface area contributed by atoms with E-state index in [4.69, 9.17) is 9.47 Å². The van der Waals surface area contributed by atoms with Crippen molar-refractivity contribution in [2.45, 2.75) is 37.6 Å². The Bertz CT molecular complexity index is 484. The predicted molar refractivity (Wildman–Crippen MR) is 64.7 cm³/mol. The first kappa shape index (κ1) is 10.6. The molecule has 1 saturated heterocycles. The number of epoxide rings is 1. The molecule has 2 aliphatic carbocycles. The third-order valence-electron chi connectivity index (χ3n) is 4.78. The van der Waals surface area contributed by atoms with E-state index in [1.54, 1.807) is 0 Å². The van der Waals surface area contributed by atoms with E-state index in [0.717, 1.165) is 18.4 Å². The van der Waals surface area contributed by atoms with Crippen LogP contribution >= 0.6 is 0 Å². The molecular formula is C15H16O3. The van der Waals surface area contributed by atoms with Crippen molar-refractivity contribution in [2.75, 3.05) is 0 Å². The zero-order chi connectivity index (χ0) is 12.2. The van der Waals surface area contributed by atoms with Crippen molar-refractivity contribution < 1.29 is 14.3 Å². The van der Waals surface area contributed by atoms with E-state index in [0.29, 0.717) is 12.5 Å². The van der Waals surface area contributed by atoms with Crippen LogP contribution in [0.25, 0.3) is 0 Å². The third kappa shape index (κ3) is 1.37. The standard InChI is InChI=1S/C15H16O3/c16-14(17-9-10-4-2-1-3-5-10)12-8-11-6-7-15(11)13(12)18-15/h1-5,11-13H,6-9H2/t11-,12?,13?,15?/m0/s1. The summed E-state index contributed by atoms with van der Waals surface area (Å²) in [6.07, 6.45) is 3.50. The Morgan fingerprint density at radius 3 is 2.78 bits per heavy atom. The SMILES string of the molecule is O=C(OCc1ccccc1)C1C[C@@H]2CCC23OC13. The van der Waals surface area contributed by atoms with Crippen molar-refractivity contribution in [3.05, 3.63) is 35.9 Å². The molecule has 3 nitrogen and oxygen atoms in total. The number of hydrogen-bond donors (Lipinski definition) is 0. The summed E-state index contributed by atoms with van der Waals surface area (Å²) in [7, 11) is 0. The lowest BCUT2D eigenvalue weighted by Gasteiger charge is -2.30. The first-order valence-electron chi connectivity index (χ1n) is 6.68. The van der Waals surface area contributed by atoms with Crippen molar-refractivity contribution >= 4 is 5.97 Å². The number of carbonyl (C=O) groups is 1. The van der Waals surface area contributed by atoms with Crippen LogP contribution in [0.1, 0.15) is 24.8 Å². The molecule has 4 atom stereocenters. The molecule has 3 unspecified atom stereocenters. The summed E-state index contributed by atoms with van der Waals surface area (Å²) in [4.78, 5) is 12.1. The minimum absolute atomic E-state index is 0.0128. The fraction of sp³-hybridized carbons (Fsp3) is 0.533. The zero-order valence-corrected chi connectivity index (χ0v) is 10.2. The summed E-state index contributed by atoms with van der Waals surface area (Å²) in [5.41, 5.74) is 1.15. The van der Waals surface area contributed by atoms with E-state index in [1.807, 2.05) is 30.3 Å². The monoisotopic (exact) mass is 244 g/mol. The number of ether oxygens (including phenoxy) is 2. The Hall–Kier alpha value is -1.35. The largest absolute Gasteiger partial charge is 0.461 e. The highest BCUT2D eigenvalue weighted by Crippen LogP contribution is 2.66. The van der Waals surface area contributed by atoms with Gasteiger partial charge >= 0.3 is 5.97 Å². The lowest BCUT2D eigenvalue weighted by molar-refractivity contribution is -0.151. The lowest BCUT2D eigenvalue weighted by atomic mass is 9.75. The quantitative estimate of drug-likeness (QED) is 0.605. The van der Waals surface area contributed by atoms with Crippen molar-refractivity contribution in [3.63, 3.8) is 0 Å². The fourth-order valence-electron chi connectivity index (χ4n) is 3.59.